The maximum Gasteiger partial charge on any atom is 0.410 e. The van der Waals surface area contributed by atoms with E-state index in [4.69, 9.17) is 9.47 Å². The molecule has 2 amide bonds. The molecule has 0 radical (unpaired) electrons. The van der Waals surface area contributed by atoms with Crippen LogP contribution in [-0.4, -0.2) is 36.7 Å². The van der Waals surface area contributed by atoms with Gasteiger partial charge < -0.3 is 14.8 Å². The highest BCUT2D eigenvalue weighted by Gasteiger charge is 2.37. The van der Waals surface area contributed by atoms with Gasteiger partial charge in [0.1, 0.15) is 24.2 Å². The van der Waals surface area contributed by atoms with E-state index in [1.807, 2.05) is 24.3 Å². The topological polar surface area (TPSA) is 67.9 Å². The average molecular weight is 358 g/mol. The van der Waals surface area contributed by atoms with Gasteiger partial charge in [-0.05, 0) is 35.4 Å². The van der Waals surface area contributed by atoms with E-state index < -0.39 is 12.1 Å². The maximum absolute atomic E-state index is 13.0. The van der Waals surface area contributed by atoms with Crippen LogP contribution in [0, 0.1) is 5.82 Å². The number of nitrogens with zero attached hydrogens (tertiary/aromatic N) is 1. The molecule has 7 heteroatoms. The molecule has 0 bridgehead atoms. The van der Waals surface area contributed by atoms with Crippen molar-refractivity contribution in [2.75, 3.05) is 13.7 Å². The van der Waals surface area contributed by atoms with Gasteiger partial charge in [0.05, 0.1) is 13.7 Å². The quantitative estimate of drug-likeness (QED) is 0.861. The summed E-state index contributed by atoms with van der Waals surface area (Å²) in [6.45, 7) is 0.478. The van der Waals surface area contributed by atoms with Crippen LogP contribution < -0.4 is 10.1 Å². The molecule has 1 N–H and O–H groups in total. The van der Waals surface area contributed by atoms with Crippen LogP contribution in [0.5, 0.6) is 5.75 Å². The third-order valence-electron chi connectivity index (χ3n) is 4.15. The number of methoxy groups -OCH3 is 1. The predicted octanol–water partition coefficient (Wildman–Crippen LogP) is 2.47. The summed E-state index contributed by atoms with van der Waals surface area (Å²) >= 11 is 0. The van der Waals surface area contributed by atoms with Crippen LogP contribution in [0.15, 0.2) is 48.5 Å². The van der Waals surface area contributed by atoms with Gasteiger partial charge in [-0.15, -0.1) is 0 Å². The summed E-state index contributed by atoms with van der Waals surface area (Å²) in [5.41, 5.74) is 1.60. The number of carbonyl (C=O) groups is 2. The van der Waals surface area contributed by atoms with Crippen molar-refractivity contribution in [2.24, 2.45) is 0 Å². The summed E-state index contributed by atoms with van der Waals surface area (Å²) in [6.07, 6.45) is -0.559. The lowest BCUT2D eigenvalue weighted by atomic mass is 10.1. The van der Waals surface area contributed by atoms with Crippen LogP contribution in [0.3, 0.4) is 0 Å². The van der Waals surface area contributed by atoms with Crippen molar-refractivity contribution in [3.63, 3.8) is 0 Å². The molecule has 3 rings (SSSR count). The Morgan fingerprint density at radius 2 is 2.04 bits per heavy atom. The molecule has 0 aromatic heterocycles. The minimum Gasteiger partial charge on any atom is -0.497 e. The number of benzene rings is 2. The first-order valence-corrected chi connectivity index (χ1v) is 8.15. The van der Waals surface area contributed by atoms with E-state index in [1.165, 1.54) is 17.0 Å². The molecule has 1 aliphatic heterocycles. The number of hydrogen-bond acceptors (Lipinski definition) is 4. The SMILES string of the molecule is COc1cccc(CNC(=O)[C@@H]2COC(=O)N2Cc2ccc(F)cc2)c1. The fraction of sp³-hybridized carbons (Fsp3) is 0.263. The van der Waals surface area contributed by atoms with Crippen molar-refractivity contribution >= 4 is 12.0 Å². The lowest BCUT2D eigenvalue weighted by Crippen LogP contribution is -2.45. The zero-order valence-corrected chi connectivity index (χ0v) is 14.3. The third-order valence-corrected chi connectivity index (χ3v) is 4.15. The molecule has 0 saturated carbocycles. The van der Waals surface area contributed by atoms with Gasteiger partial charge in [0.25, 0.3) is 0 Å². The van der Waals surface area contributed by atoms with Crippen LogP contribution in [-0.2, 0) is 22.6 Å². The molecule has 0 unspecified atom stereocenters. The van der Waals surface area contributed by atoms with E-state index in [9.17, 15) is 14.0 Å². The van der Waals surface area contributed by atoms with Crippen molar-refractivity contribution in [3.8, 4) is 5.75 Å². The number of carbonyl (C=O) groups excluding carboxylic acids is 2. The lowest BCUT2D eigenvalue weighted by molar-refractivity contribution is -0.125. The number of amides is 2. The van der Waals surface area contributed by atoms with Crippen LogP contribution in [0.2, 0.25) is 0 Å². The second kappa shape index (κ2) is 7.86. The molecule has 6 nitrogen and oxygen atoms in total. The molecule has 0 aliphatic carbocycles. The van der Waals surface area contributed by atoms with Crippen molar-refractivity contribution in [3.05, 3.63) is 65.5 Å². The molecule has 1 aliphatic rings. The second-order valence-electron chi connectivity index (χ2n) is 5.92. The maximum atomic E-state index is 13.0. The highest BCUT2D eigenvalue weighted by molar-refractivity contribution is 5.87. The number of ether oxygens (including phenoxy) is 2. The first kappa shape index (κ1) is 17.7. The monoisotopic (exact) mass is 358 g/mol. The lowest BCUT2D eigenvalue weighted by Gasteiger charge is -2.21. The van der Waals surface area contributed by atoms with Gasteiger partial charge in [-0.2, -0.15) is 0 Å². The van der Waals surface area contributed by atoms with Gasteiger partial charge in [-0.25, -0.2) is 9.18 Å². The first-order chi connectivity index (χ1) is 12.6. The highest BCUT2D eigenvalue weighted by Crippen LogP contribution is 2.18. The number of hydrogen-bond donors (Lipinski definition) is 1. The first-order valence-electron chi connectivity index (χ1n) is 8.15. The summed E-state index contributed by atoms with van der Waals surface area (Å²) in [7, 11) is 1.58. The second-order valence-corrected chi connectivity index (χ2v) is 5.92. The fourth-order valence-corrected chi connectivity index (χ4v) is 2.72. The normalized spacial score (nSPS) is 16.3. The molecule has 2 aromatic carbocycles. The zero-order valence-electron chi connectivity index (χ0n) is 14.3. The molecule has 1 fully saturated rings. The summed E-state index contributed by atoms with van der Waals surface area (Å²) in [5.74, 6) is 0.0418. The average Bonchev–Trinajstić information content (AvgIpc) is 3.02. The molecule has 1 atom stereocenters. The Balaban J connectivity index is 1.63. The van der Waals surface area contributed by atoms with E-state index in [-0.39, 0.29) is 24.9 Å². The molecular formula is C19H19FN2O4. The number of nitrogens with one attached hydrogen (secondary N) is 1. The van der Waals surface area contributed by atoms with Crippen LogP contribution in [0.4, 0.5) is 9.18 Å². The van der Waals surface area contributed by atoms with Gasteiger partial charge in [-0.3, -0.25) is 9.69 Å². The fourth-order valence-electron chi connectivity index (χ4n) is 2.72. The van der Waals surface area contributed by atoms with Crippen LogP contribution in [0.1, 0.15) is 11.1 Å². The van der Waals surface area contributed by atoms with Gasteiger partial charge in [-0.1, -0.05) is 24.3 Å². The van der Waals surface area contributed by atoms with Crippen LogP contribution in [0.25, 0.3) is 0 Å². The van der Waals surface area contributed by atoms with Crippen LogP contribution >= 0.6 is 0 Å². The van der Waals surface area contributed by atoms with E-state index in [0.29, 0.717) is 12.3 Å². The Kier molecular flexibility index (Phi) is 5.36. The highest BCUT2D eigenvalue weighted by atomic mass is 19.1. The Hall–Kier alpha value is -3.09. The Morgan fingerprint density at radius 3 is 2.77 bits per heavy atom. The Bertz CT molecular complexity index is 794. The summed E-state index contributed by atoms with van der Waals surface area (Å²) in [4.78, 5) is 25.8. The summed E-state index contributed by atoms with van der Waals surface area (Å²) < 4.78 is 23.2. The zero-order chi connectivity index (χ0) is 18.5. The molecule has 136 valence electrons. The van der Waals surface area contributed by atoms with Crippen molar-refractivity contribution in [2.45, 2.75) is 19.1 Å². The number of rotatable bonds is 6. The molecule has 1 saturated heterocycles. The van der Waals surface area contributed by atoms with E-state index >= 15 is 0 Å². The number of halogens is 1. The Labute approximate surface area is 150 Å². The van der Waals surface area contributed by atoms with E-state index in [1.54, 1.807) is 19.2 Å². The minimum atomic E-state index is -0.724. The van der Waals surface area contributed by atoms with Gasteiger partial charge in [0.2, 0.25) is 5.91 Å². The molecule has 1 heterocycles. The van der Waals surface area contributed by atoms with Gasteiger partial charge in [0, 0.05) is 6.54 Å². The summed E-state index contributed by atoms with van der Waals surface area (Å²) in [5, 5.41) is 2.81. The van der Waals surface area contributed by atoms with Crippen molar-refractivity contribution in [1.82, 2.24) is 10.2 Å². The van der Waals surface area contributed by atoms with E-state index in [0.717, 1.165) is 11.1 Å². The van der Waals surface area contributed by atoms with Gasteiger partial charge >= 0.3 is 6.09 Å². The smallest absolute Gasteiger partial charge is 0.410 e. The van der Waals surface area contributed by atoms with E-state index in [2.05, 4.69) is 5.32 Å². The predicted molar refractivity (Wildman–Crippen MR) is 91.9 cm³/mol. The standard InChI is InChI=1S/C19H19FN2O4/c1-25-16-4-2-3-14(9-16)10-21-18(23)17-12-26-19(24)22(17)11-13-5-7-15(20)8-6-13/h2-9,17H,10-12H2,1H3,(H,21,23)/t17-/m0/s1. The molecule has 2 aromatic rings. The molecule has 0 spiro atoms. The van der Waals surface area contributed by atoms with Crippen molar-refractivity contribution in [1.29, 1.82) is 0 Å². The van der Waals surface area contributed by atoms with Gasteiger partial charge in [0.15, 0.2) is 0 Å². The summed E-state index contributed by atoms with van der Waals surface area (Å²) in [6, 6.07) is 12.4. The number of cyclic esters (lactones) is 1. The molecular weight excluding hydrogens is 339 g/mol. The Morgan fingerprint density at radius 1 is 1.27 bits per heavy atom. The third kappa shape index (κ3) is 4.11. The van der Waals surface area contributed by atoms with Crippen molar-refractivity contribution < 1.29 is 23.5 Å². The minimum absolute atomic E-state index is 0.00995. The largest absolute Gasteiger partial charge is 0.497 e. The molecule has 26 heavy (non-hydrogen) atoms.